The molecule has 0 aromatic carbocycles. The van der Waals surface area contributed by atoms with Gasteiger partial charge in [0.25, 0.3) is 0 Å². The topological polar surface area (TPSA) is 32.3 Å². The monoisotopic (exact) mass is 190 g/mol. The van der Waals surface area contributed by atoms with Crippen molar-refractivity contribution in [1.29, 1.82) is 0 Å². The Kier molecular flexibility index (Phi) is 4.18. The predicted octanol–water partition coefficient (Wildman–Crippen LogP) is 0.211. The molecule has 1 N–H and O–H groups in total. The highest BCUT2D eigenvalue weighted by Crippen LogP contribution is 2.12. The Balaban J connectivity index is 2.24. The smallest absolute Gasteiger partial charge is 0.0908 e. The fourth-order valence-corrected chi connectivity index (χ4v) is 1.95. The average molecular weight is 190 g/mol. The van der Waals surface area contributed by atoms with E-state index >= 15 is 0 Å². The lowest BCUT2D eigenvalue weighted by Gasteiger charge is -2.25. The lowest BCUT2D eigenvalue weighted by molar-refractivity contribution is 0.319. The van der Waals surface area contributed by atoms with E-state index in [2.05, 4.69) is 5.32 Å². The highest BCUT2D eigenvalue weighted by Gasteiger charge is 2.15. The minimum Gasteiger partial charge on any atom is -0.317 e. The van der Waals surface area contributed by atoms with Crippen LogP contribution >= 0.6 is 0 Å². The molecular formula is C8H18N2OS. The van der Waals surface area contributed by atoms with E-state index in [1.54, 1.807) is 6.26 Å². The molecule has 3 nitrogen and oxygen atoms in total. The van der Waals surface area contributed by atoms with Crippen LogP contribution in [0.25, 0.3) is 0 Å². The normalized spacial score (nSPS) is 22.9. The van der Waals surface area contributed by atoms with E-state index in [0.717, 1.165) is 25.6 Å². The molecule has 1 atom stereocenters. The maximum atomic E-state index is 11.0. The van der Waals surface area contributed by atoms with Gasteiger partial charge in [-0.2, -0.15) is 0 Å². The molecule has 1 heterocycles. The number of nitrogens with zero attached hydrogens (tertiary/aromatic N) is 1. The molecule has 1 aliphatic rings. The molecule has 0 aromatic heterocycles. The van der Waals surface area contributed by atoms with Crippen LogP contribution in [0.5, 0.6) is 0 Å². The summed E-state index contributed by atoms with van der Waals surface area (Å²) >= 11 is 0. The number of piperidine rings is 1. The van der Waals surface area contributed by atoms with Crippen LogP contribution in [0.1, 0.15) is 12.8 Å². The summed E-state index contributed by atoms with van der Waals surface area (Å²) in [5, 5.41) is 3.32. The Morgan fingerprint density at radius 3 is 2.58 bits per heavy atom. The first-order valence-electron chi connectivity index (χ1n) is 4.45. The second-order valence-electron chi connectivity index (χ2n) is 3.43. The Bertz CT molecular complexity index is 157. The van der Waals surface area contributed by atoms with Crippen molar-refractivity contribution in [3.8, 4) is 0 Å². The number of hydrogen-bond donors (Lipinski definition) is 1. The zero-order chi connectivity index (χ0) is 8.97. The van der Waals surface area contributed by atoms with E-state index in [9.17, 15) is 4.21 Å². The second kappa shape index (κ2) is 4.94. The van der Waals surface area contributed by atoms with E-state index in [4.69, 9.17) is 0 Å². The number of nitrogens with one attached hydrogen (secondary N) is 1. The van der Waals surface area contributed by atoms with E-state index in [-0.39, 0.29) is 0 Å². The second-order valence-corrected chi connectivity index (χ2v) is 4.90. The van der Waals surface area contributed by atoms with Gasteiger partial charge in [0.15, 0.2) is 0 Å². The third-order valence-electron chi connectivity index (χ3n) is 2.41. The molecule has 72 valence electrons. The summed E-state index contributed by atoms with van der Waals surface area (Å²) < 4.78 is 13.0. The first-order chi connectivity index (χ1) is 5.70. The van der Waals surface area contributed by atoms with Crippen LogP contribution < -0.4 is 5.32 Å². The van der Waals surface area contributed by atoms with Gasteiger partial charge >= 0.3 is 0 Å². The van der Waals surface area contributed by atoms with Gasteiger partial charge in [-0.3, -0.25) is 0 Å². The van der Waals surface area contributed by atoms with Gasteiger partial charge in [0, 0.05) is 12.8 Å². The first kappa shape index (κ1) is 10.2. The van der Waals surface area contributed by atoms with Crippen molar-refractivity contribution in [2.24, 2.45) is 5.92 Å². The molecule has 4 heteroatoms. The first-order valence-corrected chi connectivity index (χ1v) is 5.97. The molecule has 0 radical (unpaired) electrons. The molecule has 1 unspecified atom stereocenters. The van der Waals surface area contributed by atoms with Gasteiger partial charge < -0.3 is 5.32 Å². The summed E-state index contributed by atoms with van der Waals surface area (Å²) in [6, 6.07) is 0. The molecule has 1 rings (SSSR count). The summed E-state index contributed by atoms with van der Waals surface area (Å²) in [5.41, 5.74) is 0. The maximum Gasteiger partial charge on any atom is 0.0908 e. The van der Waals surface area contributed by atoms with Gasteiger partial charge in [-0.25, -0.2) is 8.51 Å². The highest BCUT2D eigenvalue weighted by atomic mass is 32.2. The zero-order valence-electron chi connectivity index (χ0n) is 7.88. The van der Waals surface area contributed by atoms with Crippen molar-refractivity contribution in [2.75, 3.05) is 32.9 Å². The molecule has 1 fully saturated rings. The van der Waals surface area contributed by atoms with Gasteiger partial charge in [-0.05, 0) is 38.9 Å². The fourth-order valence-electron chi connectivity index (χ4n) is 1.53. The number of hydrogen-bond acceptors (Lipinski definition) is 2. The lowest BCUT2D eigenvalue weighted by atomic mass is 9.98. The standard InChI is InChI=1S/C8H18N2OS/c1-10(12(2)11)7-8-3-5-9-6-4-8/h8-9H,3-7H2,1-2H3. The molecular weight excluding hydrogens is 172 g/mol. The van der Waals surface area contributed by atoms with Crippen LogP contribution in [0.4, 0.5) is 0 Å². The molecule has 0 amide bonds. The molecule has 1 aliphatic heterocycles. The van der Waals surface area contributed by atoms with Crippen LogP contribution in [-0.4, -0.2) is 41.5 Å². The molecule has 0 bridgehead atoms. The quantitative estimate of drug-likeness (QED) is 0.690. The molecule has 0 spiro atoms. The minimum absolute atomic E-state index is 0.736. The van der Waals surface area contributed by atoms with Crippen molar-refractivity contribution in [3.63, 3.8) is 0 Å². The van der Waals surface area contributed by atoms with Crippen molar-refractivity contribution in [3.05, 3.63) is 0 Å². The van der Waals surface area contributed by atoms with Crippen molar-refractivity contribution in [1.82, 2.24) is 9.62 Å². The Hall–Kier alpha value is 0.0700. The van der Waals surface area contributed by atoms with Crippen molar-refractivity contribution >= 4 is 11.0 Å². The van der Waals surface area contributed by atoms with Crippen LogP contribution in [-0.2, 0) is 11.0 Å². The Labute approximate surface area is 77.1 Å². The van der Waals surface area contributed by atoms with Crippen LogP contribution in [0.2, 0.25) is 0 Å². The largest absolute Gasteiger partial charge is 0.317 e. The third kappa shape index (κ3) is 3.21. The van der Waals surface area contributed by atoms with Crippen LogP contribution in [0, 0.1) is 5.92 Å². The van der Waals surface area contributed by atoms with Gasteiger partial charge in [0.2, 0.25) is 0 Å². The minimum atomic E-state index is -0.799. The van der Waals surface area contributed by atoms with E-state index in [0.29, 0.717) is 0 Å². The van der Waals surface area contributed by atoms with Crippen LogP contribution in [0.3, 0.4) is 0 Å². The molecule has 1 saturated heterocycles. The zero-order valence-corrected chi connectivity index (χ0v) is 8.69. The predicted molar refractivity (Wildman–Crippen MR) is 52.3 cm³/mol. The molecule has 12 heavy (non-hydrogen) atoms. The van der Waals surface area contributed by atoms with Crippen LogP contribution in [0.15, 0.2) is 0 Å². The van der Waals surface area contributed by atoms with E-state index in [1.165, 1.54) is 12.8 Å². The van der Waals surface area contributed by atoms with Gasteiger partial charge in [-0.15, -0.1) is 0 Å². The summed E-state index contributed by atoms with van der Waals surface area (Å²) in [6.45, 7) is 3.22. The molecule has 0 aliphatic carbocycles. The third-order valence-corrected chi connectivity index (χ3v) is 3.44. The van der Waals surface area contributed by atoms with Crippen molar-refractivity contribution < 1.29 is 4.21 Å². The molecule has 0 aromatic rings. The van der Waals surface area contributed by atoms with Crippen molar-refractivity contribution in [2.45, 2.75) is 12.8 Å². The Morgan fingerprint density at radius 1 is 1.50 bits per heavy atom. The highest BCUT2D eigenvalue weighted by molar-refractivity contribution is 7.81. The fraction of sp³-hybridized carbons (Fsp3) is 1.00. The summed E-state index contributed by atoms with van der Waals surface area (Å²) in [4.78, 5) is 0. The lowest BCUT2D eigenvalue weighted by Crippen LogP contribution is -2.34. The Morgan fingerprint density at radius 2 is 2.08 bits per heavy atom. The average Bonchev–Trinajstić information content (AvgIpc) is 2.06. The maximum absolute atomic E-state index is 11.0. The van der Waals surface area contributed by atoms with Gasteiger partial charge in [0.05, 0.1) is 11.0 Å². The summed E-state index contributed by atoms with van der Waals surface area (Å²) in [6.07, 6.45) is 4.18. The summed E-state index contributed by atoms with van der Waals surface area (Å²) in [7, 11) is 1.13. The number of rotatable bonds is 3. The molecule has 0 saturated carbocycles. The van der Waals surface area contributed by atoms with Gasteiger partial charge in [0.1, 0.15) is 0 Å². The van der Waals surface area contributed by atoms with Gasteiger partial charge in [-0.1, -0.05) is 0 Å². The summed E-state index contributed by atoms with van der Waals surface area (Å²) in [5.74, 6) is 0.736. The van der Waals surface area contributed by atoms with E-state index in [1.807, 2.05) is 11.4 Å². The SMILES string of the molecule is CN(CC1CCNCC1)S(C)=O. The van der Waals surface area contributed by atoms with E-state index < -0.39 is 11.0 Å².